The fraction of sp³-hybridized carbons (Fsp3) is 0.474. The summed E-state index contributed by atoms with van der Waals surface area (Å²) < 4.78 is 0. The molecule has 6 heteroatoms. The van der Waals surface area contributed by atoms with Crippen LogP contribution in [0.25, 0.3) is 0 Å². The zero-order valence-corrected chi connectivity index (χ0v) is 14.4. The van der Waals surface area contributed by atoms with Crippen LogP contribution >= 0.6 is 0 Å². The van der Waals surface area contributed by atoms with Crippen molar-refractivity contribution in [3.05, 3.63) is 35.4 Å². The first-order valence-electron chi connectivity index (χ1n) is 8.41. The van der Waals surface area contributed by atoms with Gasteiger partial charge >= 0.3 is 0 Å². The van der Waals surface area contributed by atoms with Crippen LogP contribution in [0.3, 0.4) is 0 Å². The average Bonchev–Trinajstić information content (AvgIpc) is 2.97. The van der Waals surface area contributed by atoms with Crippen LogP contribution in [0.1, 0.15) is 30.4 Å². The molecule has 130 valence electrons. The summed E-state index contributed by atoms with van der Waals surface area (Å²) in [6.07, 6.45) is 0.649. The largest absolute Gasteiger partial charge is 0.340 e. The number of likely N-dealkylation sites (tertiary alicyclic amines) is 1. The number of amides is 2. The van der Waals surface area contributed by atoms with Crippen LogP contribution < -0.4 is 0 Å². The summed E-state index contributed by atoms with van der Waals surface area (Å²) in [4.78, 5) is 28.2. The molecule has 0 aliphatic carbocycles. The molecule has 1 aliphatic heterocycles. The van der Waals surface area contributed by atoms with E-state index in [0.29, 0.717) is 26.2 Å². The molecule has 1 aliphatic rings. The number of aryl methyl sites for hydroxylation is 1. The molecule has 2 amide bonds. The lowest BCUT2D eigenvalue weighted by Gasteiger charge is -2.24. The van der Waals surface area contributed by atoms with Gasteiger partial charge in [0.1, 0.15) is 0 Å². The van der Waals surface area contributed by atoms with Crippen LogP contribution in [0.4, 0.5) is 0 Å². The third-order valence-electron chi connectivity index (χ3n) is 4.36. The topological polar surface area (TPSA) is 88.2 Å². The number of carbonyl (C=O) groups excluding carboxylic acids is 2. The minimum Gasteiger partial charge on any atom is -0.340 e. The molecule has 0 bridgehead atoms. The smallest absolute Gasteiger partial charge is 0.228 e. The Balaban J connectivity index is 1.99. The summed E-state index contributed by atoms with van der Waals surface area (Å²) in [6, 6.07) is 12.0. The molecule has 1 atom stereocenters. The Morgan fingerprint density at radius 2 is 1.80 bits per heavy atom. The summed E-state index contributed by atoms with van der Waals surface area (Å²) in [7, 11) is 0. The van der Waals surface area contributed by atoms with Gasteiger partial charge in [0.2, 0.25) is 11.8 Å². The first kappa shape index (κ1) is 18.5. The molecule has 0 aromatic heterocycles. The van der Waals surface area contributed by atoms with Crippen molar-refractivity contribution in [2.24, 2.45) is 5.92 Å². The third kappa shape index (κ3) is 5.06. The van der Waals surface area contributed by atoms with Gasteiger partial charge in [-0.05, 0) is 12.5 Å². The van der Waals surface area contributed by atoms with Crippen molar-refractivity contribution in [1.82, 2.24) is 9.80 Å². The van der Waals surface area contributed by atoms with Crippen LogP contribution in [-0.4, -0.2) is 41.2 Å². The highest BCUT2D eigenvalue weighted by molar-refractivity contribution is 5.89. The average molecular weight is 338 g/mol. The lowest BCUT2D eigenvalue weighted by atomic mass is 10.1. The molecule has 1 aromatic rings. The highest BCUT2D eigenvalue weighted by atomic mass is 16.2. The van der Waals surface area contributed by atoms with Crippen molar-refractivity contribution in [3.8, 4) is 12.1 Å². The summed E-state index contributed by atoms with van der Waals surface area (Å²) in [5.74, 6) is -0.556. The van der Waals surface area contributed by atoms with E-state index in [1.165, 1.54) is 0 Å². The minimum absolute atomic E-state index is 0.0283. The van der Waals surface area contributed by atoms with Gasteiger partial charge in [-0.2, -0.15) is 10.5 Å². The first-order chi connectivity index (χ1) is 12.0. The Morgan fingerprint density at radius 3 is 2.36 bits per heavy atom. The SMILES string of the molecule is Cc1ccc(CN2CC(C(=O)N(CCC#N)CCC#N)CC2=O)cc1. The maximum atomic E-state index is 12.7. The number of carbonyl (C=O) groups is 2. The molecular formula is C19H22N4O2. The minimum atomic E-state index is -0.393. The van der Waals surface area contributed by atoms with Gasteiger partial charge in [-0.15, -0.1) is 0 Å². The van der Waals surface area contributed by atoms with Gasteiger partial charge in [-0.25, -0.2) is 0 Å². The monoisotopic (exact) mass is 338 g/mol. The van der Waals surface area contributed by atoms with E-state index in [1.807, 2.05) is 43.3 Å². The Morgan fingerprint density at radius 1 is 1.20 bits per heavy atom. The molecule has 2 rings (SSSR count). The normalized spacial score (nSPS) is 16.4. The maximum absolute atomic E-state index is 12.7. The fourth-order valence-electron chi connectivity index (χ4n) is 2.96. The number of nitrogens with zero attached hydrogens (tertiary/aromatic N) is 4. The summed E-state index contributed by atoms with van der Waals surface area (Å²) in [5, 5.41) is 17.5. The van der Waals surface area contributed by atoms with Crippen molar-refractivity contribution in [2.75, 3.05) is 19.6 Å². The van der Waals surface area contributed by atoms with E-state index >= 15 is 0 Å². The predicted molar refractivity (Wildman–Crippen MR) is 91.7 cm³/mol. The van der Waals surface area contributed by atoms with E-state index in [-0.39, 0.29) is 31.1 Å². The van der Waals surface area contributed by atoms with E-state index < -0.39 is 5.92 Å². The Kier molecular flexibility index (Phi) is 6.54. The van der Waals surface area contributed by atoms with E-state index in [4.69, 9.17) is 10.5 Å². The molecule has 1 unspecified atom stereocenters. The van der Waals surface area contributed by atoms with Crippen LogP contribution in [0, 0.1) is 35.5 Å². The van der Waals surface area contributed by atoms with Crippen molar-refractivity contribution >= 4 is 11.8 Å². The van der Waals surface area contributed by atoms with Crippen LogP contribution in [-0.2, 0) is 16.1 Å². The van der Waals surface area contributed by atoms with E-state index in [9.17, 15) is 9.59 Å². The van der Waals surface area contributed by atoms with Crippen LogP contribution in [0.5, 0.6) is 0 Å². The van der Waals surface area contributed by atoms with Crippen molar-refractivity contribution in [1.29, 1.82) is 10.5 Å². The second-order valence-electron chi connectivity index (χ2n) is 6.30. The number of hydrogen-bond donors (Lipinski definition) is 0. The number of benzene rings is 1. The predicted octanol–water partition coefficient (Wildman–Crippen LogP) is 2.00. The van der Waals surface area contributed by atoms with Gasteiger partial charge < -0.3 is 9.80 Å². The zero-order chi connectivity index (χ0) is 18.2. The summed E-state index contributed by atoms with van der Waals surface area (Å²) >= 11 is 0. The molecule has 6 nitrogen and oxygen atoms in total. The van der Waals surface area contributed by atoms with Gasteiger partial charge in [0.15, 0.2) is 0 Å². The molecule has 0 radical (unpaired) electrons. The van der Waals surface area contributed by atoms with Gasteiger partial charge in [0.05, 0.1) is 30.9 Å². The molecule has 0 N–H and O–H groups in total. The molecule has 1 aromatic carbocycles. The van der Waals surface area contributed by atoms with Gasteiger partial charge in [0.25, 0.3) is 0 Å². The van der Waals surface area contributed by atoms with Gasteiger partial charge in [0, 0.05) is 32.6 Å². The molecule has 0 saturated carbocycles. The zero-order valence-electron chi connectivity index (χ0n) is 14.4. The maximum Gasteiger partial charge on any atom is 0.228 e. The molecule has 0 spiro atoms. The van der Waals surface area contributed by atoms with E-state index in [0.717, 1.165) is 11.1 Å². The Bertz CT molecular complexity index is 682. The quantitative estimate of drug-likeness (QED) is 0.760. The lowest BCUT2D eigenvalue weighted by molar-refractivity contribution is -0.135. The number of hydrogen-bond acceptors (Lipinski definition) is 4. The Labute approximate surface area is 148 Å². The molecule has 1 saturated heterocycles. The van der Waals surface area contributed by atoms with Crippen molar-refractivity contribution in [3.63, 3.8) is 0 Å². The van der Waals surface area contributed by atoms with Crippen LogP contribution in [0.2, 0.25) is 0 Å². The third-order valence-corrected chi connectivity index (χ3v) is 4.36. The second-order valence-corrected chi connectivity index (χ2v) is 6.30. The number of nitriles is 2. The Hall–Kier alpha value is -2.86. The lowest BCUT2D eigenvalue weighted by Crippen LogP contribution is -2.38. The van der Waals surface area contributed by atoms with E-state index in [2.05, 4.69) is 0 Å². The number of rotatable bonds is 7. The van der Waals surface area contributed by atoms with Crippen molar-refractivity contribution < 1.29 is 9.59 Å². The summed E-state index contributed by atoms with van der Waals surface area (Å²) in [5.41, 5.74) is 2.20. The molecule has 1 heterocycles. The van der Waals surface area contributed by atoms with Crippen LogP contribution in [0.15, 0.2) is 24.3 Å². The fourth-order valence-corrected chi connectivity index (χ4v) is 2.96. The molecule has 25 heavy (non-hydrogen) atoms. The highest BCUT2D eigenvalue weighted by Gasteiger charge is 2.36. The summed E-state index contributed by atoms with van der Waals surface area (Å²) in [6.45, 7) is 3.51. The van der Waals surface area contributed by atoms with Gasteiger partial charge in [-0.1, -0.05) is 29.8 Å². The molecule has 1 fully saturated rings. The highest BCUT2D eigenvalue weighted by Crippen LogP contribution is 2.22. The second kappa shape index (κ2) is 8.84. The van der Waals surface area contributed by atoms with Crippen molar-refractivity contribution in [2.45, 2.75) is 32.7 Å². The van der Waals surface area contributed by atoms with E-state index in [1.54, 1.807) is 9.80 Å². The molecular weight excluding hydrogens is 316 g/mol. The standard InChI is InChI=1S/C19H22N4O2/c1-15-4-6-16(7-5-15)13-23-14-17(12-18(23)24)19(25)22(10-2-8-20)11-3-9-21/h4-7,17H,2-3,10-14H2,1H3. The first-order valence-corrected chi connectivity index (χ1v) is 8.41. The van der Waals surface area contributed by atoms with Gasteiger partial charge in [-0.3, -0.25) is 9.59 Å².